The predicted molar refractivity (Wildman–Crippen MR) is 104 cm³/mol. The van der Waals surface area contributed by atoms with Gasteiger partial charge in [-0.05, 0) is 24.3 Å². The summed E-state index contributed by atoms with van der Waals surface area (Å²) in [5.74, 6) is 0.581. The maximum atomic E-state index is 12.6. The van der Waals surface area contributed by atoms with E-state index in [0.717, 1.165) is 0 Å². The van der Waals surface area contributed by atoms with E-state index < -0.39 is 6.61 Å². The molecule has 1 aliphatic heterocycles. The maximum Gasteiger partial charge on any atom is 0.387 e. The van der Waals surface area contributed by atoms with Gasteiger partial charge in [0.25, 0.3) is 5.91 Å². The fourth-order valence-corrected chi connectivity index (χ4v) is 3.34. The molecule has 0 bridgehead atoms. The van der Waals surface area contributed by atoms with E-state index in [4.69, 9.17) is 4.52 Å². The number of amides is 1. The Kier molecular flexibility index (Phi) is 5.99. The summed E-state index contributed by atoms with van der Waals surface area (Å²) < 4.78 is 35.0. The number of nitrogens with zero attached hydrogens (tertiary/aromatic N) is 4. The molecular weight excluding hydrogens is 394 g/mol. The van der Waals surface area contributed by atoms with Crippen LogP contribution < -0.4 is 4.74 Å². The van der Waals surface area contributed by atoms with Crippen LogP contribution in [0.5, 0.6) is 5.75 Å². The van der Waals surface area contributed by atoms with Crippen LogP contribution in [0, 0.1) is 0 Å². The molecule has 156 valence electrons. The zero-order chi connectivity index (χ0) is 20.9. The lowest BCUT2D eigenvalue weighted by Gasteiger charge is -2.34. The van der Waals surface area contributed by atoms with Crippen molar-refractivity contribution in [3.05, 3.63) is 66.1 Å². The van der Waals surface area contributed by atoms with Crippen molar-refractivity contribution >= 4 is 5.91 Å². The van der Waals surface area contributed by atoms with Crippen molar-refractivity contribution in [3.8, 4) is 17.1 Å². The topological polar surface area (TPSA) is 71.7 Å². The van der Waals surface area contributed by atoms with E-state index in [2.05, 4.69) is 19.8 Å². The number of para-hydroxylation sites is 1. The number of hydrogen-bond acceptors (Lipinski definition) is 6. The lowest BCUT2D eigenvalue weighted by Crippen LogP contribution is -2.48. The van der Waals surface area contributed by atoms with Crippen molar-refractivity contribution in [2.45, 2.75) is 13.2 Å². The Bertz CT molecular complexity index is 989. The number of carbonyl (C=O) groups is 1. The third-order valence-corrected chi connectivity index (χ3v) is 4.85. The number of benzene rings is 2. The summed E-state index contributed by atoms with van der Waals surface area (Å²) in [6.07, 6.45) is 0. The average Bonchev–Trinajstić information content (AvgIpc) is 3.22. The van der Waals surface area contributed by atoms with Crippen LogP contribution in [0.4, 0.5) is 8.78 Å². The highest BCUT2D eigenvalue weighted by Crippen LogP contribution is 2.29. The van der Waals surface area contributed by atoms with Gasteiger partial charge in [-0.15, -0.1) is 0 Å². The van der Waals surface area contributed by atoms with Gasteiger partial charge in [-0.25, -0.2) is 0 Å². The molecule has 0 spiro atoms. The van der Waals surface area contributed by atoms with E-state index in [-0.39, 0.29) is 17.5 Å². The Labute approximate surface area is 171 Å². The predicted octanol–water partition coefficient (Wildman–Crippen LogP) is 3.30. The van der Waals surface area contributed by atoms with E-state index in [9.17, 15) is 13.6 Å². The van der Waals surface area contributed by atoms with Gasteiger partial charge >= 0.3 is 6.61 Å². The standard InChI is InChI=1S/C21H20F2N4O3/c22-21(23)29-17-9-5-4-8-16(17)19-24-18(30-25-19)14-26-10-12-27(13-11-26)20(28)15-6-2-1-3-7-15/h1-9,21H,10-14H2. The number of carbonyl (C=O) groups excluding carboxylic acids is 1. The van der Waals surface area contributed by atoms with Crippen molar-refractivity contribution in [1.82, 2.24) is 19.9 Å². The van der Waals surface area contributed by atoms with Crippen molar-refractivity contribution in [3.63, 3.8) is 0 Å². The zero-order valence-corrected chi connectivity index (χ0v) is 16.1. The van der Waals surface area contributed by atoms with Gasteiger partial charge in [0.2, 0.25) is 11.7 Å². The molecule has 2 heterocycles. The van der Waals surface area contributed by atoms with Gasteiger partial charge in [0.05, 0.1) is 12.1 Å². The van der Waals surface area contributed by atoms with Crippen LogP contribution in [0.2, 0.25) is 0 Å². The first-order chi connectivity index (χ1) is 14.6. The molecule has 0 unspecified atom stereocenters. The molecule has 9 heteroatoms. The van der Waals surface area contributed by atoms with Crippen LogP contribution in [0.3, 0.4) is 0 Å². The Morgan fingerprint density at radius 1 is 1.03 bits per heavy atom. The third kappa shape index (κ3) is 4.62. The highest BCUT2D eigenvalue weighted by Gasteiger charge is 2.24. The number of rotatable bonds is 6. The fraction of sp³-hybridized carbons (Fsp3) is 0.286. The van der Waals surface area contributed by atoms with Crippen LogP contribution in [0.1, 0.15) is 16.2 Å². The van der Waals surface area contributed by atoms with Gasteiger partial charge in [0, 0.05) is 31.7 Å². The summed E-state index contributed by atoms with van der Waals surface area (Å²) in [5, 5.41) is 3.90. The number of alkyl halides is 2. The second-order valence-electron chi connectivity index (χ2n) is 6.82. The highest BCUT2D eigenvalue weighted by molar-refractivity contribution is 5.94. The number of aromatic nitrogens is 2. The molecule has 0 radical (unpaired) electrons. The van der Waals surface area contributed by atoms with Gasteiger partial charge in [0.1, 0.15) is 5.75 Å². The molecule has 1 fully saturated rings. The van der Waals surface area contributed by atoms with Crippen molar-refractivity contribution < 1.29 is 22.8 Å². The van der Waals surface area contributed by atoms with Crippen LogP contribution in [-0.4, -0.2) is 58.6 Å². The monoisotopic (exact) mass is 414 g/mol. The van der Waals surface area contributed by atoms with Crippen molar-refractivity contribution in [2.75, 3.05) is 26.2 Å². The molecule has 1 amide bonds. The Morgan fingerprint density at radius 3 is 2.47 bits per heavy atom. The SMILES string of the molecule is O=C(c1ccccc1)N1CCN(Cc2nc(-c3ccccc3OC(F)F)no2)CC1. The van der Waals surface area contributed by atoms with Crippen molar-refractivity contribution in [2.24, 2.45) is 0 Å². The molecule has 3 aromatic rings. The third-order valence-electron chi connectivity index (χ3n) is 4.85. The van der Waals surface area contributed by atoms with E-state index in [1.807, 2.05) is 35.2 Å². The molecule has 2 aromatic carbocycles. The Morgan fingerprint density at radius 2 is 1.73 bits per heavy atom. The molecule has 1 saturated heterocycles. The summed E-state index contributed by atoms with van der Waals surface area (Å²) in [7, 11) is 0. The largest absolute Gasteiger partial charge is 0.434 e. The lowest BCUT2D eigenvalue weighted by molar-refractivity contribution is -0.0494. The summed E-state index contributed by atoms with van der Waals surface area (Å²) in [5.41, 5.74) is 1.02. The highest BCUT2D eigenvalue weighted by atomic mass is 19.3. The minimum atomic E-state index is -2.94. The molecule has 0 saturated carbocycles. The van der Waals surface area contributed by atoms with Crippen LogP contribution in [0.25, 0.3) is 11.4 Å². The quantitative estimate of drug-likeness (QED) is 0.616. The van der Waals surface area contributed by atoms with Crippen LogP contribution in [-0.2, 0) is 6.54 Å². The molecule has 0 atom stereocenters. The van der Waals surface area contributed by atoms with Gasteiger partial charge < -0.3 is 14.2 Å². The van der Waals surface area contributed by atoms with Gasteiger partial charge in [-0.2, -0.15) is 13.8 Å². The van der Waals surface area contributed by atoms with Crippen molar-refractivity contribution in [1.29, 1.82) is 0 Å². The molecule has 0 N–H and O–H groups in total. The maximum absolute atomic E-state index is 12.6. The Hall–Kier alpha value is -3.33. The minimum Gasteiger partial charge on any atom is -0.434 e. The summed E-state index contributed by atoms with van der Waals surface area (Å²) in [6, 6.07) is 15.5. The van der Waals surface area contributed by atoms with E-state index in [1.54, 1.807) is 18.2 Å². The average molecular weight is 414 g/mol. The fourth-order valence-electron chi connectivity index (χ4n) is 3.34. The molecule has 1 aliphatic rings. The zero-order valence-electron chi connectivity index (χ0n) is 16.1. The van der Waals surface area contributed by atoms with Crippen LogP contribution in [0.15, 0.2) is 59.1 Å². The second kappa shape index (κ2) is 9.00. The second-order valence-corrected chi connectivity index (χ2v) is 6.82. The summed E-state index contributed by atoms with van der Waals surface area (Å²) in [6.45, 7) is 0.00740. The first-order valence-corrected chi connectivity index (χ1v) is 9.53. The normalized spacial score (nSPS) is 14.8. The van der Waals surface area contributed by atoms with E-state index in [0.29, 0.717) is 49.7 Å². The lowest BCUT2D eigenvalue weighted by atomic mass is 10.2. The Balaban J connectivity index is 1.36. The number of hydrogen-bond donors (Lipinski definition) is 0. The molecule has 0 aliphatic carbocycles. The molecule has 7 nitrogen and oxygen atoms in total. The first kappa shape index (κ1) is 20.0. The van der Waals surface area contributed by atoms with Gasteiger partial charge in [0.15, 0.2) is 0 Å². The number of ether oxygens (including phenoxy) is 1. The number of piperazine rings is 1. The van der Waals surface area contributed by atoms with Gasteiger partial charge in [-0.3, -0.25) is 9.69 Å². The smallest absolute Gasteiger partial charge is 0.387 e. The van der Waals surface area contributed by atoms with E-state index in [1.165, 1.54) is 6.07 Å². The number of halogens is 2. The molecule has 4 rings (SSSR count). The van der Waals surface area contributed by atoms with Gasteiger partial charge in [-0.1, -0.05) is 35.5 Å². The molecular formula is C21H20F2N4O3. The minimum absolute atomic E-state index is 0.00658. The summed E-state index contributed by atoms with van der Waals surface area (Å²) in [4.78, 5) is 20.8. The van der Waals surface area contributed by atoms with Crippen LogP contribution >= 0.6 is 0 Å². The molecule has 1 aromatic heterocycles. The molecule has 30 heavy (non-hydrogen) atoms. The first-order valence-electron chi connectivity index (χ1n) is 9.53. The van der Waals surface area contributed by atoms with E-state index >= 15 is 0 Å². The summed E-state index contributed by atoms with van der Waals surface area (Å²) >= 11 is 0.